The minimum Gasteiger partial charge on any atom is -0.392 e. The summed E-state index contributed by atoms with van der Waals surface area (Å²) in [6.45, 7) is 3.68. The molecule has 1 saturated heterocycles. The van der Waals surface area contributed by atoms with Crippen molar-refractivity contribution in [3.63, 3.8) is 0 Å². The van der Waals surface area contributed by atoms with Crippen LogP contribution in [0, 0.1) is 11.8 Å². The molecule has 2 atom stereocenters. The average Bonchev–Trinajstić information content (AvgIpc) is 2.07. The number of nitrogens with two attached hydrogens (primary N) is 1. The maximum Gasteiger partial charge on any atom is 0.331 e. The van der Waals surface area contributed by atoms with Crippen LogP contribution in [0.15, 0.2) is 0 Å². The van der Waals surface area contributed by atoms with Crippen molar-refractivity contribution in [1.29, 1.82) is 0 Å². The number of hydrogen-bond donors (Lipinski definition) is 1. The Labute approximate surface area is 64.7 Å². The fourth-order valence-corrected chi connectivity index (χ4v) is 1.22. The number of cyclic esters (lactones) is 2. The van der Waals surface area contributed by atoms with Crippen LogP contribution in [-0.4, -0.2) is 18.0 Å². The Bertz CT molecular complexity index is 200. The molecule has 0 aromatic heterocycles. The summed E-state index contributed by atoms with van der Waals surface area (Å²) in [4.78, 5) is 21.6. The van der Waals surface area contributed by atoms with Crippen molar-refractivity contribution in [2.45, 2.75) is 19.9 Å². The molecule has 0 spiro atoms. The van der Waals surface area contributed by atoms with E-state index in [1.165, 1.54) is 0 Å². The van der Waals surface area contributed by atoms with E-state index in [0.717, 1.165) is 0 Å². The Morgan fingerprint density at radius 3 is 2.09 bits per heavy atom. The molecular formula is C7H11NO3. The maximum atomic E-state index is 10.9. The molecule has 0 aromatic rings. The first-order chi connectivity index (χ1) is 5.04. The third-order valence-electron chi connectivity index (χ3n) is 1.85. The second-order valence-corrected chi connectivity index (χ2v) is 3.04. The Hall–Kier alpha value is -0.900. The van der Waals surface area contributed by atoms with Gasteiger partial charge in [-0.25, -0.2) is 4.79 Å². The predicted octanol–water partition coefficient (Wildman–Crippen LogP) is -0.331. The molecule has 11 heavy (non-hydrogen) atoms. The monoisotopic (exact) mass is 157 g/mol. The summed E-state index contributed by atoms with van der Waals surface area (Å²) in [5, 5.41) is 0. The second kappa shape index (κ2) is 2.62. The zero-order valence-electron chi connectivity index (χ0n) is 6.53. The second-order valence-electron chi connectivity index (χ2n) is 3.04. The van der Waals surface area contributed by atoms with Gasteiger partial charge in [-0.2, -0.15) is 0 Å². The molecule has 62 valence electrons. The molecule has 2 N–H and O–H groups in total. The van der Waals surface area contributed by atoms with Gasteiger partial charge in [0.15, 0.2) is 0 Å². The molecule has 4 heteroatoms. The van der Waals surface area contributed by atoms with E-state index in [4.69, 9.17) is 5.73 Å². The van der Waals surface area contributed by atoms with E-state index in [9.17, 15) is 9.59 Å². The minimum absolute atomic E-state index is 0.0592. The van der Waals surface area contributed by atoms with Crippen LogP contribution in [0.1, 0.15) is 13.8 Å². The van der Waals surface area contributed by atoms with Gasteiger partial charge < -0.3 is 10.5 Å². The lowest BCUT2D eigenvalue weighted by molar-refractivity contribution is -0.153. The normalized spacial score (nSPS) is 31.3. The third kappa shape index (κ3) is 1.26. The molecule has 0 saturated carbocycles. The van der Waals surface area contributed by atoms with Gasteiger partial charge >= 0.3 is 11.9 Å². The van der Waals surface area contributed by atoms with Crippen LogP contribution in [0.3, 0.4) is 0 Å². The molecule has 1 fully saturated rings. The number of carbonyl (C=O) groups is 2. The average molecular weight is 157 g/mol. The predicted molar refractivity (Wildman–Crippen MR) is 37.4 cm³/mol. The molecule has 1 rings (SSSR count). The minimum atomic E-state index is -0.762. The maximum absolute atomic E-state index is 10.9. The highest BCUT2D eigenvalue weighted by Crippen LogP contribution is 2.22. The van der Waals surface area contributed by atoms with E-state index in [0.29, 0.717) is 0 Å². The lowest BCUT2D eigenvalue weighted by Gasteiger charge is -2.11. The molecule has 1 heterocycles. The number of hydrogen-bond acceptors (Lipinski definition) is 4. The van der Waals surface area contributed by atoms with Crippen molar-refractivity contribution >= 4 is 11.9 Å². The molecule has 0 bridgehead atoms. The van der Waals surface area contributed by atoms with Gasteiger partial charge in [0.1, 0.15) is 6.04 Å². The molecule has 0 amide bonds. The Balaban J connectivity index is 2.79. The van der Waals surface area contributed by atoms with Crippen LogP contribution in [0.4, 0.5) is 0 Å². The zero-order chi connectivity index (χ0) is 8.59. The summed E-state index contributed by atoms with van der Waals surface area (Å²) in [6.07, 6.45) is 0. The Morgan fingerprint density at radius 2 is 1.91 bits per heavy atom. The van der Waals surface area contributed by atoms with Gasteiger partial charge in [-0.05, 0) is 5.92 Å². The van der Waals surface area contributed by atoms with Crippen molar-refractivity contribution < 1.29 is 14.3 Å². The van der Waals surface area contributed by atoms with Crippen LogP contribution in [0.5, 0.6) is 0 Å². The number of rotatable bonds is 1. The molecule has 4 nitrogen and oxygen atoms in total. The van der Waals surface area contributed by atoms with Crippen LogP contribution >= 0.6 is 0 Å². The van der Waals surface area contributed by atoms with Crippen LogP contribution < -0.4 is 5.73 Å². The fourth-order valence-electron chi connectivity index (χ4n) is 1.22. The largest absolute Gasteiger partial charge is 0.392 e. The standard InChI is InChI=1S/C7H11NO3/c1-3(2)4-5(8)7(10)11-6(4)9/h3-5H,8H2,1-2H3/t4?,5-/m0/s1. The van der Waals surface area contributed by atoms with Crippen molar-refractivity contribution in [3.05, 3.63) is 0 Å². The first-order valence-corrected chi connectivity index (χ1v) is 3.55. The number of carbonyl (C=O) groups excluding carboxylic acids is 2. The van der Waals surface area contributed by atoms with Gasteiger partial charge in [-0.3, -0.25) is 4.79 Å². The summed E-state index contributed by atoms with van der Waals surface area (Å²) < 4.78 is 4.34. The Morgan fingerprint density at radius 1 is 1.36 bits per heavy atom. The van der Waals surface area contributed by atoms with Gasteiger partial charge in [0.2, 0.25) is 0 Å². The quantitative estimate of drug-likeness (QED) is 0.418. The number of esters is 2. The molecule has 1 aliphatic heterocycles. The third-order valence-corrected chi connectivity index (χ3v) is 1.85. The van der Waals surface area contributed by atoms with E-state index >= 15 is 0 Å². The fraction of sp³-hybridized carbons (Fsp3) is 0.714. The molecule has 1 unspecified atom stereocenters. The lowest BCUT2D eigenvalue weighted by atomic mass is 9.91. The van der Waals surface area contributed by atoms with Gasteiger partial charge in [0.25, 0.3) is 0 Å². The molecule has 0 aromatic carbocycles. The first kappa shape index (κ1) is 8.20. The lowest BCUT2D eigenvalue weighted by Crippen LogP contribution is -2.35. The van der Waals surface area contributed by atoms with Gasteiger partial charge in [-0.15, -0.1) is 0 Å². The molecular weight excluding hydrogens is 146 g/mol. The van der Waals surface area contributed by atoms with Crippen molar-refractivity contribution in [3.8, 4) is 0 Å². The van der Waals surface area contributed by atoms with Crippen molar-refractivity contribution in [2.75, 3.05) is 0 Å². The van der Waals surface area contributed by atoms with Crippen LogP contribution in [-0.2, 0) is 14.3 Å². The van der Waals surface area contributed by atoms with E-state index in [1.54, 1.807) is 0 Å². The summed E-state index contributed by atoms with van der Waals surface area (Å²) >= 11 is 0. The van der Waals surface area contributed by atoms with Crippen molar-refractivity contribution in [2.24, 2.45) is 17.6 Å². The molecule has 0 aliphatic carbocycles. The summed E-state index contributed by atoms with van der Waals surface area (Å²) in [5.74, 6) is -1.49. The van der Waals surface area contributed by atoms with E-state index < -0.39 is 23.9 Å². The zero-order valence-corrected chi connectivity index (χ0v) is 6.53. The van der Waals surface area contributed by atoms with Crippen LogP contribution in [0.25, 0.3) is 0 Å². The first-order valence-electron chi connectivity index (χ1n) is 3.55. The number of ether oxygens (including phenoxy) is 1. The summed E-state index contributed by atoms with van der Waals surface area (Å²) in [7, 11) is 0. The highest BCUT2D eigenvalue weighted by atomic mass is 16.6. The topological polar surface area (TPSA) is 69.4 Å². The van der Waals surface area contributed by atoms with E-state index in [1.807, 2.05) is 13.8 Å². The van der Waals surface area contributed by atoms with Gasteiger partial charge in [-0.1, -0.05) is 13.8 Å². The SMILES string of the molecule is CC(C)C1C(=O)OC(=O)[C@H]1N. The smallest absolute Gasteiger partial charge is 0.331 e. The van der Waals surface area contributed by atoms with Gasteiger partial charge in [0.05, 0.1) is 5.92 Å². The summed E-state index contributed by atoms with van der Waals surface area (Å²) in [5.41, 5.74) is 5.42. The molecule has 1 aliphatic rings. The highest BCUT2D eigenvalue weighted by Gasteiger charge is 2.43. The van der Waals surface area contributed by atoms with Crippen molar-refractivity contribution in [1.82, 2.24) is 0 Å². The van der Waals surface area contributed by atoms with E-state index in [2.05, 4.69) is 4.74 Å². The van der Waals surface area contributed by atoms with Crippen LogP contribution in [0.2, 0.25) is 0 Å². The molecule has 0 radical (unpaired) electrons. The van der Waals surface area contributed by atoms with E-state index in [-0.39, 0.29) is 5.92 Å². The van der Waals surface area contributed by atoms with Gasteiger partial charge in [0, 0.05) is 0 Å². The Kier molecular flexibility index (Phi) is 1.95. The highest BCUT2D eigenvalue weighted by molar-refractivity contribution is 5.98. The summed E-state index contributed by atoms with van der Waals surface area (Å²) in [6, 6.07) is -0.762.